The largest absolute Gasteiger partial charge is 0.488 e. The molecule has 0 aliphatic carbocycles. The zero-order chi connectivity index (χ0) is 20.3. The maximum atomic E-state index is 11.7. The van der Waals surface area contributed by atoms with E-state index in [0.717, 1.165) is 28.0 Å². The van der Waals surface area contributed by atoms with E-state index in [1.165, 1.54) is 6.08 Å². The second-order valence-electron chi connectivity index (χ2n) is 6.55. The third-order valence-corrected chi connectivity index (χ3v) is 4.40. The predicted molar refractivity (Wildman–Crippen MR) is 108 cm³/mol. The van der Waals surface area contributed by atoms with Gasteiger partial charge in [0.2, 0.25) is 0 Å². The molecule has 1 aromatic carbocycles. The van der Waals surface area contributed by atoms with Gasteiger partial charge in [0.05, 0.1) is 24.4 Å². The Morgan fingerprint density at radius 2 is 2.14 bits per heavy atom. The fourth-order valence-corrected chi connectivity index (χ4v) is 3.12. The Hall–Kier alpha value is -3.06. The lowest BCUT2D eigenvalue weighted by atomic mass is 10.2. The summed E-state index contributed by atoms with van der Waals surface area (Å²) in [5.74, 6) is 1.12. The summed E-state index contributed by atoms with van der Waals surface area (Å²) < 4.78 is 14.5. The number of aromatic nitrogens is 3. The van der Waals surface area contributed by atoms with Crippen molar-refractivity contribution in [2.45, 2.75) is 26.9 Å². The van der Waals surface area contributed by atoms with Crippen LogP contribution in [-0.4, -0.2) is 44.7 Å². The average molecular weight is 383 g/mol. The summed E-state index contributed by atoms with van der Waals surface area (Å²) >= 11 is 0. The normalized spacial score (nSPS) is 12.6. The van der Waals surface area contributed by atoms with Crippen molar-refractivity contribution in [3.63, 3.8) is 0 Å². The molecule has 28 heavy (non-hydrogen) atoms. The van der Waals surface area contributed by atoms with Gasteiger partial charge < -0.3 is 19.1 Å². The van der Waals surface area contributed by atoms with Gasteiger partial charge in [-0.3, -0.25) is 4.68 Å². The quantitative estimate of drug-likeness (QED) is 0.501. The van der Waals surface area contributed by atoms with E-state index in [4.69, 9.17) is 9.47 Å². The number of benzene rings is 1. The van der Waals surface area contributed by atoms with Gasteiger partial charge in [0.1, 0.15) is 17.7 Å². The Kier molecular flexibility index (Phi) is 5.84. The molecule has 0 radical (unpaired) electrons. The van der Waals surface area contributed by atoms with Crippen molar-refractivity contribution in [3.05, 3.63) is 47.8 Å². The molecule has 3 rings (SSSR count). The lowest BCUT2D eigenvalue weighted by molar-refractivity contribution is -0.137. The van der Waals surface area contributed by atoms with E-state index in [0.29, 0.717) is 12.4 Å². The highest BCUT2D eigenvalue weighted by Gasteiger charge is 2.16. The molecule has 0 amide bonds. The Morgan fingerprint density at radius 3 is 2.86 bits per heavy atom. The third kappa shape index (κ3) is 3.94. The second kappa shape index (κ2) is 8.31. The number of carbonyl (C=O) groups excluding carboxylic acids is 1. The van der Waals surface area contributed by atoms with E-state index < -0.39 is 0 Å². The first-order valence-electron chi connectivity index (χ1n) is 9.22. The highest BCUT2D eigenvalue weighted by atomic mass is 16.5. The number of aryl methyl sites for hydroxylation is 2. The molecule has 0 saturated heterocycles. The van der Waals surface area contributed by atoms with Crippen LogP contribution in [0.15, 0.2) is 36.5 Å². The van der Waals surface area contributed by atoms with Gasteiger partial charge >= 0.3 is 5.97 Å². The van der Waals surface area contributed by atoms with Crippen LogP contribution in [0, 0.1) is 6.92 Å². The molecule has 148 valence electrons. The molecule has 1 N–H and O–H groups in total. The van der Waals surface area contributed by atoms with Gasteiger partial charge in [-0.1, -0.05) is 0 Å². The van der Waals surface area contributed by atoms with Crippen LogP contribution in [-0.2, 0) is 16.6 Å². The van der Waals surface area contributed by atoms with Crippen LogP contribution in [0.3, 0.4) is 0 Å². The monoisotopic (exact) mass is 383 g/mol. The SMILES string of the molecule is CCOC(=O)C=Cc1c(C)nn(C)c1-n1ccc2ccc(OC(C)CO)cc21. The van der Waals surface area contributed by atoms with Crippen molar-refractivity contribution in [1.29, 1.82) is 0 Å². The number of aliphatic hydroxyl groups excluding tert-OH is 1. The van der Waals surface area contributed by atoms with Crippen LogP contribution < -0.4 is 4.74 Å². The maximum absolute atomic E-state index is 11.7. The molecule has 1 unspecified atom stereocenters. The lowest BCUT2D eigenvalue weighted by Crippen LogP contribution is -2.16. The number of fused-ring (bicyclic) bond motifs is 1. The lowest BCUT2D eigenvalue weighted by Gasteiger charge is -2.13. The number of esters is 1. The second-order valence-corrected chi connectivity index (χ2v) is 6.55. The van der Waals surface area contributed by atoms with Gasteiger partial charge in [-0.15, -0.1) is 0 Å². The van der Waals surface area contributed by atoms with E-state index in [9.17, 15) is 9.90 Å². The Morgan fingerprint density at radius 1 is 1.36 bits per heavy atom. The molecule has 2 heterocycles. The van der Waals surface area contributed by atoms with E-state index in [1.807, 2.05) is 55.9 Å². The molecule has 0 spiro atoms. The molecular weight excluding hydrogens is 358 g/mol. The van der Waals surface area contributed by atoms with Crippen LogP contribution in [0.25, 0.3) is 22.8 Å². The van der Waals surface area contributed by atoms with Crippen molar-refractivity contribution in [3.8, 4) is 11.6 Å². The maximum Gasteiger partial charge on any atom is 0.330 e. The predicted octanol–water partition coefficient (Wildman–Crippen LogP) is 3.01. The molecule has 3 aromatic rings. The number of hydrogen-bond acceptors (Lipinski definition) is 5. The molecular formula is C21H25N3O4. The van der Waals surface area contributed by atoms with E-state index in [1.54, 1.807) is 17.7 Å². The molecule has 7 nitrogen and oxygen atoms in total. The molecule has 7 heteroatoms. The van der Waals surface area contributed by atoms with Crippen molar-refractivity contribution in [2.24, 2.45) is 7.05 Å². The number of rotatable bonds is 7. The summed E-state index contributed by atoms with van der Waals surface area (Å²) in [4.78, 5) is 11.7. The summed E-state index contributed by atoms with van der Waals surface area (Å²) in [7, 11) is 1.87. The highest BCUT2D eigenvalue weighted by molar-refractivity contribution is 5.89. The van der Waals surface area contributed by atoms with Crippen LogP contribution in [0.5, 0.6) is 5.75 Å². The van der Waals surface area contributed by atoms with Gasteiger partial charge in [0.25, 0.3) is 0 Å². The van der Waals surface area contributed by atoms with Gasteiger partial charge in [-0.2, -0.15) is 5.10 Å². The van der Waals surface area contributed by atoms with Gasteiger partial charge in [-0.05, 0) is 45.0 Å². The van der Waals surface area contributed by atoms with Crippen LogP contribution in [0.4, 0.5) is 0 Å². The first-order chi connectivity index (χ1) is 13.4. The van der Waals surface area contributed by atoms with Crippen molar-refractivity contribution < 1.29 is 19.4 Å². The Bertz CT molecular complexity index is 1020. The minimum atomic E-state index is -0.386. The molecule has 2 aromatic heterocycles. The molecule has 0 aliphatic rings. The van der Waals surface area contributed by atoms with Crippen molar-refractivity contribution in [2.75, 3.05) is 13.2 Å². The molecule has 0 saturated carbocycles. The van der Waals surface area contributed by atoms with Crippen molar-refractivity contribution in [1.82, 2.24) is 14.3 Å². The van der Waals surface area contributed by atoms with Gasteiger partial charge in [0, 0.05) is 36.3 Å². The topological polar surface area (TPSA) is 78.5 Å². The first kappa shape index (κ1) is 19.7. The van der Waals surface area contributed by atoms with Crippen molar-refractivity contribution >= 4 is 22.9 Å². The van der Waals surface area contributed by atoms with Gasteiger partial charge in [0.15, 0.2) is 0 Å². The molecule has 1 atom stereocenters. The average Bonchev–Trinajstić information content (AvgIpc) is 3.19. The fourth-order valence-electron chi connectivity index (χ4n) is 3.12. The van der Waals surface area contributed by atoms with E-state index in [2.05, 4.69) is 5.10 Å². The number of ether oxygens (including phenoxy) is 2. The first-order valence-corrected chi connectivity index (χ1v) is 9.22. The molecule has 0 aliphatic heterocycles. The van der Waals surface area contributed by atoms with Crippen LogP contribution in [0.1, 0.15) is 25.1 Å². The summed E-state index contributed by atoms with van der Waals surface area (Å²) in [6.07, 6.45) is 4.82. The molecule has 0 fully saturated rings. The third-order valence-electron chi connectivity index (χ3n) is 4.40. The number of aliphatic hydroxyl groups is 1. The fraction of sp³-hybridized carbons (Fsp3) is 0.333. The number of nitrogens with zero attached hydrogens (tertiary/aromatic N) is 3. The Balaban J connectivity index is 2.07. The minimum Gasteiger partial charge on any atom is -0.488 e. The zero-order valence-corrected chi connectivity index (χ0v) is 16.5. The smallest absolute Gasteiger partial charge is 0.330 e. The highest BCUT2D eigenvalue weighted by Crippen LogP contribution is 2.28. The molecule has 0 bridgehead atoms. The summed E-state index contributed by atoms with van der Waals surface area (Å²) in [6.45, 7) is 5.77. The zero-order valence-electron chi connectivity index (χ0n) is 16.5. The van der Waals surface area contributed by atoms with Gasteiger partial charge in [-0.25, -0.2) is 4.79 Å². The summed E-state index contributed by atoms with van der Waals surface area (Å²) in [5.41, 5.74) is 2.58. The van der Waals surface area contributed by atoms with Crippen LogP contribution in [0.2, 0.25) is 0 Å². The summed E-state index contributed by atoms with van der Waals surface area (Å²) in [6, 6.07) is 7.80. The van der Waals surface area contributed by atoms with E-state index >= 15 is 0 Å². The standard InChI is InChI=1S/C21H25N3O4/c1-5-27-20(26)9-8-18-15(3)22-23(4)21(18)24-11-10-16-6-7-17(12-19(16)24)28-14(2)13-25/h6-12,14,25H,5,13H2,1-4H3. The Labute approximate surface area is 163 Å². The summed E-state index contributed by atoms with van der Waals surface area (Å²) in [5, 5.41) is 14.8. The number of carbonyl (C=O) groups is 1. The van der Waals surface area contributed by atoms with Crippen LogP contribution >= 0.6 is 0 Å². The minimum absolute atomic E-state index is 0.0528. The van der Waals surface area contributed by atoms with E-state index in [-0.39, 0.29) is 18.7 Å². The number of hydrogen-bond donors (Lipinski definition) is 1.